The lowest BCUT2D eigenvalue weighted by Gasteiger charge is -2.50. The van der Waals surface area contributed by atoms with E-state index in [4.69, 9.17) is 0 Å². The van der Waals surface area contributed by atoms with Crippen molar-refractivity contribution in [1.82, 2.24) is 0 Å². The Morgan fingerprint density at radius 2 is 1.00 bits per heavy atom. The third-order valence-corrected chi connectivity index (χ3v) is 12.3. The predicted molar refractivity (Wildman–Crippen MR) is 112 cm³/mol. The molecule has 0 aliphatic heterocycles. The molecule has 132 valence electrons. The highest BCUT2D eigenvalue weighted by Gasteiger charge is 2.42. The lowest BCUT2D eigenvalue weighted by atomic mass is 10.2. The van der Waals surface area contributed by atoms with Gasteiger partial charge in [0.2, 0.25) is 0 Å². The zero-order valence-electron chi connectivity index (χ0n) is 17.5. The maximum Gasteiger partial charge on any atom is 0.00167 e. The molecule has 0 fully saturated rings. The Morgan fingerprint density at radius 3 is 1.18 bits per heavy atom. The van der Waals surface area contributed by atoms with Gasteiger partial charge in [-0.2, -0.15) is 0 Å². The summed E-state index contributed by atoms with van der Waals surface area (Å²) in [7, 11) is -0.205. The molecule has 0 aromatic heterocycles. The van der Waals surface area contributed by atoms with Crippen LogP contribution in [0.2, 0.25) is 0 Å². The van der Waals surface area contributed by atoms with Gasteiger partial charge in [0.1, 0.15) is 0 Å². The van der Waals surface area contributed by atoms with Crippen molar-refractivity contribution in [2.45, 2.75) is 109 Å². The summed E-state index contributed by atoms with van der Waals surface area (Å²) in [6, 6.07) is 0. The van der Waals surface area contributed by atoms with Crippen LogP contribution in [-0.2, 0) is 0 Å². The molecule has 0 aromatic rings. The van der Waals surface area contributed by atoms with Crippen LogP contribution in [0, 0.1) is 0 Å². The molecule has 0 nitrogen and oxygen atoms in total. The van der Waals surface area contributed by atoms with Crippen molar-refractivity contribution < 1.29 is 0 Å². The Balaban J connectivity index is 5.71. The normalized spacial score (nSPS) is 16.3. The highest BCUT2D eigenvalue weighted by atomic mass is 31.1. The van der Waals surface area contributed by atoms with Crippen LogP contribution >= 0.6 is 15.8 Å². The quantitative estimate of drug-likeness (QED) is 0.362. The molecule has 0 saturated heterocycles. The molecule has 0 spiro atoms. The Kier molecular flexibility index (Phi) is 7.43. The van der Waals surface area contributed by atoms with Crippen LogP contribution in [0.4, 0.5) is 0 Å². The third kappa shape index (κ3) is 6.61. The summed E-state index contributed by atoms with van der Waals surface area (Å²) in [6.07, 6.45) is 3.61. The molecule has 1 atom stereocenters. The SMILES string of the molecule is C=CC(CP(C(C)(C)C)C(C)(C)C)P(C(C)(C)C)C(C)(C)C. The summed E-state index contributed by atoms with van der Waals surface area (Å²) >= 11 is 0. The van der Waals surface area contributed by atoms with Gasteiger partial charge in [-0.1, -0.05) is 105 Å². The van der Waals surface area contributed by atoms with E-state index >= 15 is 0 Å². The molecule has 0 aliphatic rings. The molecule has 1 unspecified atom stereocenters. The van der Waals surface area contributed by atoms with E-state index < -0.39 is 0 Å². The molecule has 0 aliphatic carbocycles. The standard InChI is InChI=1S/C20H42P2/c1-14-16(22(19(8,9)10)20(11,12)13)15-21(17(2,3)4)18(5,6)7/h14,16H,1,15H2,2-13H3. The first-order chi connectivity index (χ1) is 9.42. The van der Waals surface area contributed by atoms with E-state index in [2.05, 4.69) is 95.7 Å². The summed E-state index contributed by atoms with van der Waals surface area (Å²) in [5.74, 6) is 0. The summed E-state index contributed by atoms with van der Waals surface area (Å²) in [5.41, 5.74) is 0.652. The van der Waals surface area contributed by atoms with Crippen LogP contribution in [0.5, 0.6) is 0 Å². The topological polar surface area (TPSA) is 0 Å². The summed E-state index contributed by atoms with van der Waals surface area (Å²) in [4.78, 5) is 0. The van der Waals surface area contributed by atoms with Crippen LogP contribution < -0.4 is 0 Å². The Hall–Kier alpha value is 0.600. The monoisotopic (exact) mass is 344 g/mol. The average molecular weight is 345 g/mol. The number of hydrogen-bond acceptors (Lipinski definition) is 0. The van der Waals surface area contributed by atoms with Crippen molar-refractivity contribution in [1.29, 1.82) is 0 Å². The predicted octanol–water partition coefficient (Wildman–Crippen LogP) is 7.70. The lowest BCUT2D eigenvalue weighted by Crippen LogP contribution is -2.35. The fourth-order valence-electron chi connectivity index (χ4n) is 4.00. The molecule has 22 heavy (non-hydrogen) atoms. The molecular weight excluding hydrogens is 302 g/mol. The van der Waals surface area contributed by atoms with E-state index in [1.165, 1.54) is 6.16 Å². The van der Waals surface area contributed by atoms with E-state index in [1.807, 2.05) is 0 Å². The molecule has 0 bridgehead atoms. The minimum atomic E-state index is -0.135. The van der Waals surface area contributed by atoms with Gasteiger partial charge in [-0.3, -0.25) is 0 Å². The van der Waals surface area contributed by atoms with Crippen molar-refractivity contribution in [3.8, 4) is 0 Å². The molecule has 0 saturated carbocycles. The molecule has 0 rings (SSSR count). The first kappa shape index (κ1) is 22.6. The molecule has 0 radical (unpaired) electrons. The van der Waals surface area contributed by atoms with Crippen LogP contribution in [0.3, 0.4) is 0 Å². The second kappa shape index (κ2) is 7.23. The molecule has 2 heteroatoms. The number of hydrogen-bond donors (Lipinski definition) is 0. The Bertz CT molecular complexity index is 327. The molecule has 0 heterocycles. The lowest BCUT2D eigenvalue weighted by molar-refractivity contribution is 0.686. The fourth-order valence-corrected chi connectivity index (χ4v) is 13.0. The zero-order valence-corrected chi connectivity index (χ0v) is 19.3. The van der Waals surface area contributed by atoms with E-state index in [-0.39, 0.29) is 15.8 Å². The van der Waals surface area contributed by atoms with Gasteiger partial charge in [0.15, 0.2) is 0 Å². The maximum absolute atomic E-state index is 4.25. The first-order valence-electron chi connectivity index (χ1n) is 8.62. The van der Waals surface area contributed by atoms with Gasteiger partial charge in [-0.25, -0.2) is 0 Å². The molecular formula is C20H42P2. The largest absolute Gasteiger partial charge is 0.102 e. The van der Waals surface area contributed by atoms with Gasteiger partial charge in [0.25, 0.3) is 0 Å². The number of rotatable bonds is 4. The second-order valence-electron chi connectivity index (χ2n) is 10.5. The first-order valence-corrected chi connectivity index (χ1v) is 11.6. The van der Waals surface area contributed by atoms with Crippen molar-refractivity contribution in [3.63, 3.8) is 0 Å². The Labute approximate surface area is 144 Å². The summed E-state index contributed by atoms with van der Waals surface area (Å²) in [5, 5.41) is 1.52. The van der Waals surface area contributed by atoms with Crippen LogP contribution in [0.15, 0.2) is 12.7 Å². The van der Waals surface area contributed by atoms with E-state index in [0.717, 1.165) is 0 Å². The van der Waals surface area contributed by atoms with Gasteiger partial charge < -0.3 is 0 Å². The summed E-state index contributed by atoms with van der Waals surface area (Å²) < 4.78 is 0. The summed E-state index contributed by atoms with van der Waals surface area (Å²) in [6.45, 7) is 33.4. The van der Waals surface area contributed by atoms with Gasteiger partial charge in [-0.15, -0.1) is 6.58 Å². The van der Waals surface area contributed by atoms with Gasteiger partial charge >= 0.3 is 0 Å². The van der Waals surface area contributed by atoms with Crippen molar-refractivity contribution >= 4 is 15.8 Å². The maximum atomic E-state index is 4.25. The third-order valence-electron chi connectivity index (χ3n) is 4.04. The minimum Gasteiger partial charge on any atom is -0.102 e. The Morgan fingerprint density at radius 1 is 0.682 bits per heavy atom. The molecule has 0 N–H and O–H groups in total. The highest BCUT2D eigenvalue weighted by molar-refractivity contribution is 7.65. The fraction of sp³-hybridized carbons (Fsp3) is 0.900. The van der Waals surface area contributed by atoms with E-state index in [0.29, 0.717) is 26.3 Å². The van der Waals surface area contributed by atoms with Crippen LogP contribution in [0.1, 0.15) is 83.1 Å². The van der Waals surface area contributed by atoms with Crippen LogP contribution in [-0.4, -0.2) is 32.4 Å². The second-order valence-corrected chi connectivity index (χ2v) is 18.5. The highest BCUT2D eigenvalue weighted by Crippen LogP contribution is 2.68. The molecule has 0 aromatic carbocycles. The average Bonchev–Trinajstić information content (AvgIpc) is 2.15. The van der Waals surface area contributed by atoms with Gasteiger partial charge in [-0.05, 0) is 26.8 Å². The zero-order chi connectivity index (χ0) is 18.1. The van der Waals surface area contributed by atoms with Crippen LogP contribution in [0.25, 0.3) is 0 Å². The van der Waals surface area contributed by atoms with Crippen molar-refractivity contribution in [3.05, 3.63) is 12.7 Å². The van der Waals surface area contributed by atoms with Gasteiger partial charge in [0, 0.05) is 5.66 Å². The van der Waals surface area contributed by atoms with E-state index in [1.54, 1.807) is 0 Å². The van der Waals surface area contributed by atoms with Crippen molar-refractivity contribution in [2.24, 2.45) is 0 Å². The minimum absolute atomic E-state index is 0.0698. The van der Waals surface area contributed by atoms with E-state index in [9.17, 15) is 0 Å². The smallest absolute Gasteiger partial charge is 0.00167 e. The van der Waals surface area contributed by atoms with Gasteiger partial charge in [0.05, 0.1) is 0 Å². The van der Waals surface area contributed by atoms with Crippen molar-refractivity contribution in [2.75, 3.05) is 6.16 Å². The number of allylic oxidation sites excluding steroid dienone is 1. The molecule has 0 amide bonds.